The highest BCUT2D eigenvalue weighted by Crippen LogP contribution is 2.26. The van der Waals surface area contributed by atoms with Crippen molar-refractivity contribution in [2.75, 3.05) is 45.7 Å². The molecular formula is C21H27N5O. The monoisotopic (exact) mass is 365 g/mol. The van der Waals surface area contributed by atoms with Crippen LogP contribution in [-0.4, -0.2) is 66.5 Å². The van der Waals surface area contributed by atoms with E-state index in [1.54, 1.807) is 0 Å². The molecule has 0 aliphatic carbocycles. The molecule has 1 fully saturated rings. The molecule has 0 saturated carbocycles. The fourth-order valence-corrected chi connectivity index (χ4v) is 3.93. The lowest BCUT2D eigenvalue weighted by atomic mass is 10.0. The Balaban J connectivity index is 1.47. The number of carbonyl (C=O) groups excluding carboxylic acids is 1. The third-order valence-electron chi connectivity index (χ3n) is 5.63. The predicted molar refractivity (Wildman–Crippen MR) is 106 cm³/mol. The molecule has 2 aliphatic heterocycles. The second-order valence-electron chi connectivity index (χ2n) is 7.87. The van der Waals surface area contributed by atoms with E-state index < -0.39 is 0 Å². The van der Waals surface area contributed by atoms with Gasteiger partial charge in [-0.05, 0) is 44.3 Å². The summed E-state index contributed by atoms with van der Waals surface area (Å²) in [6.45, 7) is 3.45. The van der Waals surface area contributed by atoms with Crippen LogP contribution in [0.15, 0.2) is 30.5 Å². The molecule has 0 spiro atoms. The van der Waals surface area contributed by atoms with Crippen LogP contribution in [0.4, 0.5) is 5.69 Å². The average molecular weight is 365 g/mol. The van der Waals surface area contributed by atoms with Gasteiger partial charge in [-0.3, -0.25) is 4.79 Å². The summed E-state index contributed by atoms with van der Waals surface area (Å²) < 4.78 is 0. The highest BCUT2D eigenvalue weighted by atomic mass is 16.2. The number of hydrogen-bond donors (Lipinski definition) is 0. The number of aromatic nitrogens is 2. The molecule has 1 aromatic carbocycles. The molecule has 142 valence electrons. The molecule has 2 aromatic rings. The lowest BCUT2D eigenvalue weighted by molar-refractivity contribution is 0.0733. The summed E-state index contributed by atoms with van der Waals surface area (Å²) >= 11 is 0. The fraction of sp³-hybridized carbons (Fsp3) is 0.476. The van der Waals surface area contributed by atoms with Crippen molar-refractivity contribution in [3.8, 4) is 0 Å². The summed E-state index contributed by atoms with van der Waals surface area (Å²) in [6, 6.07) is 7.78. The van der Waals surface area contributed by atoms with Crippen LogP contribution < -0.4 is 4.90 Å². The number of rotatable bonds is 3. The van der Waals surface area contributed by atoms with Gasteiger partial charge in [-0.25, -0.2) is 9.97 Å². The molecule has 27 heavy (non-hydrogen) atoms. The van der Waals surface area contributed by atoms with E-state index >= 15 is 0 Å². The Bertz CT molecular complexity index is 833. The number of nitrogens with zero attached hydrogens (tertiary/aromatic N) is 5. The van der Waals surface area contributed by atoms with Crippen molar-refractivity contribution < 1.29 is 4.79 Å². The average Bonchev–Trinajstić information content (AvgIpc) is 3.13. The van der Waals surface area contributed by atoms with E-state index in [9.17, 15) is 4.79 Å². The van der Waals surface area contributed by atoms with Crippen LogP contribution in [0.2, 0.25) is 0 Å². The molecule has 1 atom stereocenters. The van der Waals surface area contributed by atoms with Gasteiger partial charge in [0.15, 0.2) is 0 Å². The molecule has 0 bridgehead atoms. The highest BCUT2D eigenvalue weighted by Gasteiger charge is 2.27. The van der Waals surface area contributed by atoms with Gasteiger partial charge in [0.2, 0.25) is 0 Å². The predicted octanol–water partition coefficient (Wildman–Crippen LogP) is 2.16. The summed E-state index contributed by atoms with van der Waals surface area (Å²) in [5.41, 5.74) is 4.01. The minimum Gasteiger partial charge on any atom is -0.378 e. The van der Waals surface area contributed by atoms with Gasteiger partial charge in [0.05, 0.1) is 5.69 Å². The van der Waals surface area contributed by atoms with Gasteiger partial charge in [0.25, 0.3) is 5.91 Å². The molecule has 0 N–H and O–H groups in total. The van der Waals surface area contributed by atoms with Crippen molar-refractivity contribution in [3.05, 3.63) is 53.1 Å². The topological polar surface area (TPSA) is 52.6 Å². The standard InChI is InChI=1S/C21H27N5O/c1-24(2)18-6-4-15(5-7-18)21(27)26-11-9-19-17(14-26)12-22-20(23-19)16-8-10-25(3)13-16/h4-7,12,16H,8-11,13-14H2,1-3H3/t16-/m0/s1. The Hall–Kier alpha value is -2.47. The zero-order chi connectivity index (χ0) is 19.0. The van der Waals surface area contributed by atoms with Crippen LogP contribution in [0.5, 0.6) is 0 Å². The van der Waals surface area contributed by atoms with Crippen molar-refractivity contribution in [2.45, 2.75) is 25.3 Å². The Morgan fingerprint density at radius 1 is 1.19 bits per heavy atom. The van der Waals surface area contributed by atoms with Crippen LogP contribution in [-0.2, 0) is 13.0 Å². The lowest BCUT2D eigenvalue weighted by Crippen LogP contribution is -2.36. The zero-order valence-electron chi connectivity index (χ0n) is 16.4. The molecule has 3 heterocycles. The van der Waals surface area contributed by atoms with Crippen molar-refractivity contribution in [1.29, 1.82) is 0 Å². The Morgan fingerprint density at radius 2 is 1.96 bits per heavy atom. The second kappa shape index (κ2) is 7.27. The Kier molecular flexibility index (Phi) is 4.83. The number of likely N-dealkylation sites (tertiary alicyclic amines) is 1. The van der Waals surface area contributed by atoms with Gasteiger partial charge >= 0.3 is 0 Å². The second-order valence-corrected chi connectivity index (χ2v) is 7.87. The van der Waals surface area contributed by atoms with Crippen LogP contribution in [0.25, 0.3) is 0 Å². The number of benzene rings is 1. The van der Waals surface area contributed by atoms with Gasteiger partial charge in [0.1, 0.15) is 5.82 Å². The van der Waals surface area contributed by atoms with Gasteiger partial charge in [-0.15, -0.1) is 0 Å². The molecule has 1 aromatic heterocycles. The van der Waals surface area contributed by atoms with Gasteiger partial charge in [-0.2, -0.15) is 0 Å². The Labute approximate surface area is 160 Å². The van der Waals surface area contributed by atoms with Crippen molar-refractivity contribution in [1.82, 2.24) is 19.8 Å². The molecular weight excluding hydrogens is 338 g/mol. The van der Waals surface area contributed by atoms with Crippen LogP contribution in [0.3, 0.4) is 0 Å². The lowest BCUT2D eigenvalue weighted by Gasteiger charge is -2.28. The number of carbonyl (C=O) groups is 1. The van der Waals surface area contributed by atoms with E-state index in [0.717, 1.165) is 54.3 Å². The third kappa shape index (κ3) is 3.67. The molecule has 1 saturated heterocycles. The quantitative estimate of drug-likeness (QED) is 0.834. The first-order chi connectivity index (χ1) is 13.0. The van der Waals surface area contributed by atoms with Gasteiger partial charge in [-0.1, -0.05) is 0 Å². The van der Waals surface area contributed by atoms with Crippen LogP contribution in [0.1, 0.15) is 39.8 Å². The van der Waals surface area contributed by atoms with Crippen molar-refractivity contribution >= 4 is 11.6 Å². The van der Waals surface area contributed by atoms with E-state index in [1.165, 1.54) is 0 Å². The summed E-state index contributed by atoms with van der Waals surface area (Å²) in [4.78, 5) is 28.6. The van der Waals surface area contributed by atoms with Crippen LogP contribution >= 0.6 is 0 Å². The Morgan fingerprint density at radius 3 is 2.63 bits per heavy atom. The smallest absolute Gasteiger partial charge is 0.254 e. The van der Waals surface area contributed by atoms with E-state index in [1.807, 2.05) is 54.4 Å². The van der Waals surface area contributed by atoms with Gasteiger partial charge in [0, 0.05) is 69.1 Å². The minimum atomic E-state index is 0.0763. The molecule has 6 heteroatoms. The summed E-state index contributed by atoms with van der Waals surface area (Å²) in [7, 11) is 6.14. The van der Waals surface area contributed by atoms with Crippen molar-refractivity contribution in [2.24, 2.45) is 0 Å². The number of amides is 1. The first-order valence-corrected chi connectivity index (χ1v) is 9.61. The van der Waals surface area contributed by atoms with E-state index in [2.05, 4.69) is 16.9 Å². The van der Waals surface area contributed by atoms with E-state index in [0.29, 0.717) is 19.0 Å². The number of hydrogen-bond acceptors (Lipinski definition) is 5. The SMILES string of the molecule is CN1CC[C@H](c2ncc3c(n2)CCN(C(=O)c2ccc(N(C)C)cc2)C3)C1. The minimum absolute atomic E-state index is 0.0763. The number of anilines is 1. The maximum atomic E-state index is 12.9. The van der Waals surface area contributed by atoms with E-state index in [-0.39, 0.29) is 5.91 Å². The summed E-state index contributed by atoms with van der Waals surface area (Å²) in [5.74, 6) is 1.49. The first kappa shape index (κ1) is 17.9. The fourth-order valence-electron chi connectivity index (χ4n) is 3.93. The summed E-state index contributed by atoms with van der Waals surface area (Å²) in [5, 5.41) is 0. The molecule has 0 unspecified atom stereocenters. The van der Waals surface area contributed by atoms with E-state index in [4.69, 9.17) is 4.98 Å². The van der Waals surface area contributed by atoms with Crippen LogP contribution in [0, 0.1) is 0 Å². The normalized spacial score (nSPS) is 19.8. The maximum Gasteiger partial charge on any atom is 0.254 e. The molecule has 4 rings (SSSR count). The number of fused-ring (bicyclic) bond motifs is 1. The van der Waals surface area contributed by atoms with Gasteiger partial charge < -0.3 is 14.7 Å². The zero-order valence-corrected chi connectivity index (χ0v) is 16.4. The molecule has 2 aliphatic rings. The number of likely N-dealkylation sites (N-methyl/N-ethyl adjacent to an activating group) is 1. The molecule has 1 amide bonds. The maximum absolute atomic E-state index is 12.9. The largest absolute Gasteiger partial charge is 0.378 e. The third-order valence-corrected chi connectivity index (χ3v) is 5.63. The summed E-state index contributed by atoms with van der Waals surface area (Å²) in [6.07, 6.45) is 3.86. The highest BCUT2D eigenvalue weighted by molar-refractivity contribution is 5.94. The molecule has 6 nitrogen and oxygen atoms in total. The molecule has 0 radical (unpaired) electrons. The first-order valence-electron chi connectivity index (χ1n) is 9.61. The van der Waals surface area contributed by atoms with Crippen molar-refractivity contribution in [3.63, 3.8) is 0 Å².